The van der Waals surface area contributed by atoms with Crippen LogP contribution in [0.25, 0.3) is 0 Å². The molecule has 2 bridgehead atoms. The van der Waals surface area contributed by atoms with Gasteiger partial charge in [-0.25, -0.2) is 0 Å². The second-order valence-electron chi connectivity index (χ2n) is 5.40. The third-order valence-corrected chi connectivity index (χ3v) is 3.77. The number of hydrogen-bond acceptors (Lipinski definition) is 6. The van der Waals surface area contributed by atoms with E-state index in [1.165, 1.54) is 6.08 Å². The quantitative estimate of drug-likeness (QED) is 0.525. The lowest BCUT2D eigenvalue weighted by Gasteiger charge is -2.43. The Morgan fingerprint density at radius 3 is 2.47 bits per heavy atom. The Morgan fingerprint density at radius 1 is 1.37 bits per heavy atom. The first-order valence-electron chi connectivity index (χ1n) is 5.70. The molecule has 0 aromatic carbocycles. The van der Waals surface area contributed by atoms with Gasteiger partial charge in [-0.1, -0.05) is 0 Å². The maximum atomic E-state index is 11.3. The molecule has 1 aliphatic heterocycles. The van der Waals surface area contributed by atoms with Crippen molar-refractivity contribution in [1.82, 2.24) is 4.90 Å². The molecule has 2 atom stereocenters. The maximum absolute atomic E-state index is 11.3. The van der Waals surface area contributed by atoms with Crippen molar-refractivity contribution in [1.29, 1.82) is 0 Å². The Morgan fingerprint density at radius 2 is 2.00 bits per heavy atom. The van der Waals surface area contributed by atoms with E-state index in [2.05, 4.69) is 0 Å². The zero-order valence-electron chi connectivity index (χ0n) is 10.4. The molecule has 9 heteroatoms. The number of carbonyl (C=O) groups is 1. The van der Waals surface area contributed by atoms with Crippen molar-refractivity contribution in [3.05, 3.63) is 31.9 Å². The Labute approximate surface area is 108 Å². The summed E-state index contributed by atoms with van der Waals surface area (Å²) in [5, 5.41) is 22.7. The van der Waals surface area contributed by atoms with Crippen molar-refractivity contribution >= 4 is 5.91 Å². The van der Waals surface area contributed by atoms with Gasteiger partial charge in [0, 0.05) is 21.5 Å². The molecule has 2 rings (SSSR count). The summed E-state index contributed by atoms with van der Waals surface area (Å²) in [7, 11) is 1.60. The highest BCUT2D eigenvalue weighted by molar-refractivity contribution is 5.92. The average molecular weight is 270 g/mol. The van der Waals surface area contributed by atoms with Crippen LogP contribution in [0.3, 0.4) is 0 Å². The number of amides is 1. The number of nitro groups is 2. The number of piperidine rings is 1. The predicted molar refractivity (Wildman–Crippen MR) is 63.5 cm³/mol. The fourth-order valence-corrected chi connectivity index (χ4v) is 3.17. The second kappa shape index (κ2) is 3.98. The number of nitrogens with zero attached hydrogens (tertiary/aromatic N) is 3. The zero-order chi connectivity index (χ0) is 14.4. The van der Waals surface area contributed by atoms with Crippen molar-refractivity contribution in [2.45, 2.75) is 23.9 Å². The van der Waals surface area contributed by atoms with E-state index < -0.39 is 26.8 Å². The molecule has 0 aromatic heterocycles. The van der Waals surface area contributed by atoms with Gasteiger partial charge in [0.25, 0.3) is 5.54 Å². The molecule has 19 heavy (non-hydrogen) atoms. The third-order valence-electron chi connectivity index (χ3n) is 3.77. The number of carbonyl (C=O) groups excluding carboxylic acids is 1. The molecular weight excluding hydrogens is 256 g/mol. The molecule has 1 amide bonds. The van der Waals surface area contributed by atoms with Gasteiger partial charge in [-0.2, -0.15) is 0 Å². The lowest BCUT2D eigenvalue weighted by molar-refractivity contribution is -0.619. The van der Waals surface area contributed by atoms with Crippen molar-refractivity contribution in [2.24, 2.45) is 5.73 Å². The van der Waals surface area contributed by atoms with E-state index >= 15 is 0 Å². The molecule has 0 aromatic rings. The fraction of sp³-hybridized carbons (Fsp3) is 0.700. The van der Waals surface area contributed by atoms with Gasteiger partial charge in [-0.05, 0) is 7.05 Å². The summed E-state index contributed by atoms with van der Waals surface area (Å²) >= 11 is 0. The largest absolute Gasteiger partial charge is 0.366 e. The van der Waals surface area contributed by atoms with Crippen molar-refractivity contribution in [2.75, 3.05) is 20.1 Å². The van der Waals surface area contributed by atoms with Crippen LogP contribution in [0.5, 0.6) is 0 Å². The molecule has 1 heterocycles. The van der Waals surface area contributed by atoms with E-state index in [1.807, 2.05) is 0 Å². The van der Waals surface area contributed by atoms with Crippen molar-refractivity contribution in [3.63, 3.8) is 0 Å². The SMILES string of the molecule is CN1CC2([N+](=O)[O-])C=C(C(N)=O)CC([N+](=O)[O-])(C1)C2. The van der Waals surface area contributed by atoms with Crippen LogP contribution in [0, 0.1) is 20.2 Å². The normalized spacial score (nSPS) is 34.5. The number of likely N-dealkylation sites (tertiary alicyclic amines) is 1. The summed E-state index contributed by atoms with van der Waals surface area (Å²) in [6.07, 6.45) is 0.836. The number of fused-ring (bicyclic) bond motifs is 2. The Balaban J connectivity index is 2.58. The number of nitrogens with two attached hydrogens (primary N) is 1. The molecule has 1 aliphatic carbocycles. The number of primary amides is 1. The van der Waals surface area contributed by atoms with Gasteiger partial charge >= 0.3 is 0 Å². The molecular formula is C10H14N4O5. The molecule has 9 nitrogen and oxygen atoms in total. The molecule has 0 saturated carbocycles. The summed E-state index contributed by atoms with van der Waals surface area (Å²) in [5.74, 6) is -0.832. The zero-order valence-corrected chi connectivity index (χ0v) is 10.4. The van der Waals surface area contributed by atoms with Gasteiger partial charge in [0.15, 0.2) is 0 Å². The highest BCUT2D eigenvalue weighted by Crippen LogP contribution is 2.42. The summed E-state index contributed by atoms with van der Waals surface area (Å²) < 4.78 is 0. The van der Waals surface area contributed by atoms with E-state index in [-0.39, 0.29) is 31.5 Å². The number of hydrogen-bond donors (Lipinski definition) is 1. The molecule has 1 saturated heterocycles. The smallest absolute Gasteiger partial charge is 0.260 e. The minimum absolute atomic E-state index is 0.0206. The molecule has 104 valence electrons. The molecule has 2 unspecified atom stereocenters. The van der Waals surface area contributed by atoms with E-state index in [1.54, 1.807) is 11.9 Å². The van der Waals surface area contributed by atoms with Gasteiger partial charge in [-0.15, -0.1) is 0 Å². The predicted octanol–water partition coefficient (Wildman–Crippen LogP) is -0.832. The highest BCUT2D eigenvalue weighted by Gasteiger charge is 2.63. The van der Waals surface area contributed by atoms with Gasteiger partial charge < -0.3 is 5.73 Å². The van der Waals surface area contributed by atoms with Gasteiger partial charge in [0.05, 0.1) is 25.9 Å². The lowest BCUT2D eigenvalue weighted by atomic mass is 9.69. The molecule has 1 fully saturated rings. The number of likely N-dealkylation sites (N-methyl/N-ethyl adjacent to an activating group) is 1. The third kappa shape index (κ3) is 1.95. The molecule has 0 radical (unpaired) electrons. The molecule has 2 N–H and O–H groups in total. The monoisotopic (exact) mass is 270 g/mol. The summed E-state index contributed by atoms with van der Waals surface area (Å²) in [6.45, 7) is 0.104. The Bertz CT molecular complexity index is 504. The highest BCUT2D eigenvalue weighted by atomic mass is 16.6. The van der Waals surface area contributed by atoms with E-state index in [0.29, 0.717) is 0 Å². The fourth-order valence-electron chi connectivity index (χ4n) is 3.17. The Hall–Kier alpha value is -2.03. The van der Waals surface area contributed by atoms with Crippen LogP contribution >= 0.6 is 0 Å². The van der Waals surface area contributed by atoms with Crippen molar-refractivity contribution in [3.8, 4) is 0 Å². The standard InChI is InChI=1S/C10H14N4O5/c1-12-5-9(13(16)17)2-7(8(11)15)3-10(4-9,6-12)14(18)19/h2H,3-6H2,1H3,(H2,11,15). The summed E-state index contributed by atoms with van der Waals surface area (Å²) in [5.41, 5.74) is 2.01. The van der Waals surface area contributed by atoms with Crippen LogP contribution in [0.2, 0.25) is 0 Å². The van der Waals surface area contributed by atoms with Gasteiger partial charge in [0.1, 0.15) is 0 Å². The van der Waals surface area contributed by atoms with E-state index in [4.69, 9.17) is 5.73 Å². The van der Waals surface area contributed by atoms with Crippen LogP contribution in [-0.2, 0) is 4.79 Å². The average Bonchev–Trinajstić information content (AvgIpc) is 2.26. The number of rotatable bonds is 3. The van der Waals surface area contributed by atoms with Crippen LogP contribution in [-0.4, -0.2) is 51.9 Å². The van der Waals surface area contributed by atoms with Crippen LogP contribution in [0.1, 0.15) is 12.8 Å². The van der Waals surface area contributed by atoms with Gasteiger partial charge in [0.2, 0.25) is 11.4 Å². The maximum Gasteiger partial charge on any atom is 0.260 e. The van der Waals surface area contributed by atoms with E-state index in [9.17, 15) is 25.0 Å². The molecule has 2 aliphatic rings. The molecule has 0 spiro atoms. The van der Waals surface area contributed by atoms with E-state index in [0.717, 1.165) is 0 Å². The summed E-state index contributed by atoms with van der Waals surface area (Å²) in [6, 6.07) is 0. The van der Waals surface area contributed by atoms with Gasteiger partial charge in [-0.3, -0.25) is 29.9 Å². The van der Waals surface area contributed by atoms with Crippen LogP contribution in [0.4, 0.5) is 0 Å². The topological polar surface area (TPSA) is 133 Å². The van der Waals surface area contributed by atoms with Crippen LogP contribution in [0.15, 0.2) is 11.6 Å². The lowest BCUT2D eigenvalue weighted by Crippen LogP contribution is -2.66. The summed E-state index contributed by atoms with van der Waals surface area (Å²) in [4.78, 5) is 34.4. The Kier molecular flexibility index (Phi) is 2.81. The first-order valence-corrected chi connectivity index (χ1v) is 5.70. The minimum atomic E-state index is -1.61. The van der Waals surface area contributed by atoms with Crippen LogP contribution < -0.4 is 5.73 Å². The van der Waals surface area contributed by atoms with Crippen molar-refractivity contribution < 1.29 is 14.6 Å². The first kappa shape index (κ1) is 13.4. The minimum Gasteiger partial charge on any atom is -0.366 e. The second-order valence-corrected chi connectivity index (χ2v) is 5.40. The first-order chi connectivity index (χ1) is 8.71.